The first kappa shape index (κ1) is 11.3. The van der Waals surface area contributed by atoms with E-state index in [2.05, 4.69) is 0 Å². The van der Waals surface area contributed by atoms with Crippen molar-refractivity contribution in [1.82, 2.24) is 0 Å². The third kappa shape index (κ3) is 2.39. The van der Waals surface area contributed by atoms with Crippen LogP contribution in [-0.4, -0.2) is 21.3 Å². The van der Waals surface area contributed by atoms with Gasteiger partial charge in [-0.05, 0) is 17.7 Å². The van der Waals surface area contributed by atoms with E-state index in [-0.39, 0.29) is 0 Å². The lowest BCUT2D eigenvalue weighted by molar-refractivity contribution is 0.148. The van der Waals surface area contributed by atoms with Crippen LogP contribution in [-0.2, 0) is 4.74 Å². The summed E-state index contributed by atoms with van der Waals surface area (Å²) in [4.78, 5) is 0. The van der Waals surface area contributed by atoms with E-state index in [4.69, 9.17) is 19.5 Å². The van der Waals surface area contributed by atoms with E-state index in [1.54, 1.807) is 32.4 Å². The zero-order valence-corrected chi connectivity index (χ0v) is 8.98. The monoisotopic (exact) mass is 207 g/mol. The van der Waals surface area contributed by atoms with Crippen molar-refractivity contribution in [2.24, 2.45) is 0 Å². The van der Waals surface area contributed by atoms with Crippen LogP contribution in [0.1, 0.15) is 11.7 Å². The molecule has 4 nitrogen and oxygen atoms in total. The first-order chi connectivity index (χ1) is 7.26. The maximum Gasteiger partial charge on any atom is 0.168 e. The minimum atomic E-state index is -0.579. The molecule has 0 aliphatic rings. The second-order valence-corrected chi connectivity index (χ2v) is 2.86. The van der Waals surface area contributed by atoms with Gasteiger partial charge in [-0.2, -0.15) is 5.26 Å². The molecule has 0 bridgehead atoms. The van der Waals surface area contributed by atoms with Crippen LogP contribution in [0, 0.1) is 11.3 Å². The van der Waals surface area contributed by atoms with Gasteiger partial charge in [-0.15, -0.1) is 0 Å². The van der Waals surface area contributed by atoms with E-state index in [0.717, 1.165) is 5.56 Å². The van der Waals surface area contributed by atoms with Crippen LogP contribution in [0.4, 0.5) is 0 Å². The highest BCUT2D eigenvalue weighted by Crippen LogP contribution is 2.30. The summed E-state index contributed by atoms with van der Waals surface area (Å²) in [7, 11) is 4.61. The van der Waals surface area contributed by atoms with Crippen molar-refractivity contribution in [3.05, 3.63) is 23.8 Å². The molecule has 1 rings (SSSR count). The first-order valence-electron chi connectivity index (χ1n) is 4.41. The molecule has 0 saturated carbocycles. The summed E-state index contributed by atoms with van der Waals surface area (Å²) in [6.45, 7) is 0. The Morgan fingerprint density at radius 1 is 1.13 bits per heavy atom. The summed E-state index contributed by atoms with van der Waals surface area (Å²) in [6.07, 6.45) is -0.579. The molecule has 0 radical (unpaired) electrons. The molecule has 0 fully saturated rings. The maximum atomic E-state index is 8.82. The summed E-state index contributed by atoms with van der Waals surface area (Å²) >= 11 is 0. The molecule has 4 heteroatoms. The van der Waals surface area contributed by atoms with Crippen molar-refractivity contribution in [1.29, 1.82) is 5.26 Å². The predicted octanol–water partition coefficient (Wildman–Crippen LogP) is 1.91. The third-order valence-corrected chi connectivity index (χ3v) is 2.06. The Balaban J connectivity index is 3.08. The Kier molecular flexibility index (Phi) is 3.95. The fourth-order valence-corrected chi connectivity index (χ4v) is 1.28. The highest BCUT2D eigenvalue weighted by atomic mass is 16.5. The average molecular weight is 207 g/mol. The summed E-state index contributed by atoms with van der Waals surface area (Å²) in [5.74, 6) is 1.22. The molecule has 80 valence electrons. The Hall–Kier alpha value is -1.73. The molecule has 15 heavy (non-hydrogen) atoms. The van der Waals surface area contributed by atoms with Crippen LogP contribution in [0.15, 0.2) is 18.2 Å². The molecule has 0 spiro atoms. The Morgan fingerprint density at radius 2 is 1.80 bits per heavy atom. The quantitative estimate of drug-likeness (QED) is 0.756. The van der Waals surface area contributed by atoms with Crippen LogP contribution < -0.4 is 9.47 Å². The Bertz CT molecular complexity index is 371. The van der Waals surface area contributed by atoms with Crippen LogP contribution in [0.3, 0.4) is 0 Å². The Labute approximate surface area is 89.0 Å². The molecule has 0 saturated heterocycles. The van der Waals surface area contributed by atoms with Gasteiger partial charge in [0.15, 0.2) is 17.6 Å². The fraction of sp³-hybridized carbons (Fsp3) is 0.364. The molecular formula is C11H13NO3. The highest BCUT2D eigenvalue weighted by Gasteiger charge is 2.12. The molecular weight excluding hydrogens is 194 g/mol. The van der Waals surface area contributed by atoms with Crippen LogP contribution in [0.2, 0.25) is 0 Å². The zero-order chi connectivity index (χ0) is 11.3. The van der Waals surface area contributed by atoms with Gasteiger partial charge >= 0.3 is 0 Å². The smallest absolute Gasteiger partial charge is 0.168 e. The van der Waals surface area contributed by atoms with Crippen LogP contribution in [0.5, 0.6) is 11.5 Å². The zero-order valence-electron chi connectivity index (χ0n) is 8.98. The molecule has 1 aromatic rings. The number of benzene rings is 1. The topological polar surface area (TPSA) is 51.5 Å². The van der Waals surface area contributed by atoms with Gasteiger partial charge < -0.3 is 14.2 Å². The third-order valence-electron chi connectivity index (χ3n) is 2.06. The lowest BCUT2D eigenvalue weighted by Crippen LogP contribution is -1.99. The predicted molar refractivity (Wildman–Crippen MR) is 54.9 cm³/mol. The van der Waals surface area contributed by atoms with Crippen LogP contribution in [0.25, 0.3) is 0 Å². The highest BCUT2D eigenvalue weighted by molar-refractivity contribution is 5.44. The lowest BCUT2D eigenvalue weighted by Gasteiger charge is -2.11. The summed E-state index contributed by atoms with van der Waals surface area (Å²) < 4.78 is 15.2. The van der Waals surface area contributed by atoms with Gasteiger partial charge in [0.2, 0.25) is 0 Å². The van der Waals surface area contributed by atoms with E-state index >= 15 is 0 Å². The van der Waals surface area contributed by atoms with Gasteiger partial charge in [0, 0.05) is 7.11 Å². The number of rotatable bonds is 4. The average Bonchev–Trinajstić information content (AvgIpc) is 2.30. The summed E-state index contributed by atoms with van der Waals surface area (Å²) in [6, 6.07) is 7.29. The number of hydrogen-bond acceptors (Lipinski definition) is 4. The minimum Gasteiger partial charge on any atom is -0.493 e. The second-order valence-electron chi connectivity index (χ2n) is 2.86. The first-order valence-corrected chi connectivity index (χ1v) is 4.41. The standard InChI is InChI=1S/C11H13NO3/c1-13-9-5-4-8(6-10(9)14-2)11(7-12)15-3/h4-6,11H,1-3H3. The molecule has 0 heterocycles. The van der Waals surface area contributed by atoms with Gasteiger partial charge in [0.1, 0.15) is 0 Å². The van der Waals surface area contributed by atoms with E-state index in [1.807, 2.05) is 6.07 Å². The minimum absolute atomic E-state index is 0.579. The summed E-state index contributed by atoms with van der Waals surface area (Å²) in [5, 5.41) is 8.82. The van der Waals surface area contributed by atoms with Crippen molar-refractivity contribution in [3.8, 4) is 17.6 Å². The van der Waals surface area contributed by atoms with Crippen molar-refractivity contribution in [2.45, 2.75) is 6.10 Å². The van der Waals surface area contributed by atoms with Gasteiger partial charge in [0.05, 0.1) is 20.3 Å². The number of methoxy groups -OCH3 is 3. The SMILES string of the molecule is COc1ccc(C(C#N)OC)cc1OC. The van der Waals surface area contributed by atoms with Crippen molar-refractivity contribution >= 4 is 0 Å². The molecule has 1 aromatic carbocycles. The van der Waals surface area contributed by atoms with Crippen LogP contribution >= 0.6 is 0 Å². The molecule has 0 aromatic heterocycles. The number of hydrogen-bond donors (Lipinski definition) is 0. The van der Waals surface area contributed by atoms with Crippen molar-refractivity contribution < 1.29 is 14.2 Å². The lowest BCUT2D eigenvalue weighted by atomic mass is 10.1. The van der Waals surface area contributed by atoms with Gasteiger partial charge in [-0.1, -0.05) is 6.07 Å². The van der Waals surface area contributed by atoms with Gasteiger partial charge in [-0.3, -0.25) is 0 Å². The molecule has 1 unspecified atom stereocenters. The van der Waals surface area contributed by atoms with E-state index in [9.17, 15) is 0 Å². The van der Waals surface area contributed by atoms with Crippen molar-refractivity contribution in [3.63, 3.8) is 0 Å². The molecule has 0 aliphatic carbocycles. The van der Waals surface area contributed by atoms with E-state index < -0.39 is 6.10 Å². The number of nitrogens with zero attached hydrogens (tertiary/aromatic N) is 1. The van der Waals surface area contributed by atoms with Crippen molar-refractivity contribution in [2.75, 3.05) is 21.3 Å². The number of ether oxygens (including phenoxy) is 3. The fourth-order valence-electron chi connectivity index (χ4n) is 1.28. The summed E-state index contributed by atoms with van der Waals surface area (Å²) in [5.41, 5.74) is 0.748. The molecule has 1 atom stereocenters. The normalized spacial score (nSPS) is 11.6. The largest absolute Gasteiger partial charge is 0.493 e. The van der Waals surface area contributed by atoms with E-state index in [0.29, 0.717) is 11.5 Å². The second kappa shape index (κ2) is 5.23. The molecule has 0 N–H and O–H groups in total. The maximum absolute atomic E-state index is 8.82. The van der Waals surface area contributed by atoms with E-state index in [1.165, 1.54) is 7.11 Å². The Morgan fingerprint density at radius 3 is 2.27 bits per heavy atom. The number of nitriles is 1. The van der Waals surface area contributed by atoms with Gasteiger partial charge in [0.25, 0.3) is 0 Å². The molecule has 0 amide bonds. The van der Waals surface area contributed by atoms with Gasteiger partial charge in [-0.25, -0.2) is 0 Å². The molecule has 0 aliphatic heterocycles.